The van der Waals surface area contributed by atoms with Crippen LogP contribution in [0.2, 0.25) is 0 Å². The van der Waals surface area contributed by atoms with E-state index in [1.54, 1.807) is 0 Å². The average molecular weight is 238 g/mol. The monoisotopic (exact) mass is 238 g/mol. The number of rotatable bonds is 4. The maximum Gasteiger partial charge on any atom is 0.0949 e. The molecule has 0 spiro atoms. The van der Waals surface area contributed by atoms with E-state index in [1.165, 1.54) is 47.8 Å². The molecule has 2 nitrogen and oxygen atoms in total. The standard InChI is InChI=1S/C13H22N2S/c1-4-6-13(7-5-8-14-13)9-12-15-10(2)11(3)16-12/h14H,4-9H2,1-3H3. The summed E-state index contributed by atoms with van der Waals surface area (Å²) in [7, 11) is 0. The number of hydrogen-bond acceptors (Lipinski definition) is 3. The van der Waals surface area contributed by atoms with Gasteiger partial charge in [-0.1, -0.05) is 13.3 Å². The summed E-state index contributed by atoms with van der Waals surface area (Å²) in [4.78, 5) is 6.05. The summed E-state index contributed by atoms with van der Waals surface area (Å²) in [5, 5.41) is 5.03. The lowest BCUT2D eigenvalue weighted by atomic mass is 9.89. The number of aromatic nitrogens is 1. The first-order valence-corrected chi connectivity index (χ1v) is 7.15. The molecule has 0 aromatic carbocycles. The summed E-state index contributed by atoms with van der Waals surface area (Å²) in [6.07, 6.45) is 6.31. The van der Waals surface area contributed by atoms with Crippen LogP contribution in [0.25, 0.3) is 0 Å². The Morgan fingerprint density at radius 2 is 2.25 bits per heavy atom. The van der Waals surface area contributed by atoms with E-state index in [2.05, 4.69) is 31.1 Å². The number of thiazole rings is 1. The van der Waals surface area contributed by atoms with Crippen LogP contribution in [0.1, 0.15) is 48.2 Å². The molecule has 1 aliphatic heterocycles. The molecule has 1 atom stereocenters. The highest BCUT2D eigenvalue weighted by molar-refractivity contribution is 7.11. The van der Waals surface area contributed by atoms with Gasteiger partial charge in [-0.25, -0.2) is 4.98 Å². The highest BCUT2D eigenvalue weighted by atomic mass is 32.1. The van der Waals surface area contributed by atoms with Crippen LogP contribution in [0.5, 0.6) is 0 Å². The molecule has 1 unspecified atom stereocenters. The van der Waals surface area contributed by atoms with Crippen molar-refractivity contribution in [2.75, 3.05) is 6.54 Å². The van der Waals surface area contributed by atoms with Gasteiger partial charge in [-0.05, 0) is 39.7 Å². The smallest absolute Gasteiger partial charge is 0.0949 e. The van der Waals surface area contributed by atoms with Crippen LogP contribution >= 0.6 is 11.3 Å². The molecule has 0 bridgehead atoms. The van der Waals surface area contributed by atoms with Crippen LogP contribution in [0.3, 0.4) is 0 Å². The lowest BCUT2D eigenvalue weighted by Gasteiger charge is -2.28. The van der Waals surface area contributed by atoms with Gasteiger partial charge < -0.3 is 5.32 Å². The lowest BCUT2D eigenvalue weighted by Crippen LogP contribution is -2.41. The zero-order chi connectivity index (χ0) is 11.6. The number of aryl methyl sites for hydroxylation is 2. The molecule has 1 aliphatic rings. The normalized spacial score (nSPS) is 25.2. The van der Waals surface area contributed by atoms with Crippen molar-refractivity contribution in [3.8, 4) is 0 Å². The number of hydrogen-bond donors (Lipinski definition) is 1. The van der Waals surface area contributed by atoms with Gasteiger partial charge in [0.1, 0.15) is 0 Å². The van der Waals surface area contributed by atoms with E-state index < -0.39 is 0 Å². The summed E-state index contributed by atoms with van der Waals surface area (Å²) in [6.45, 7) is 7.75. The van der Waals surface area contributed by atoms with Crippen LogP contribution in [0.4, 0.5) is 0 Å². The van der Waals surface area contributed by atoms with Crippen LogP contribution in [0, 0.1) is 13.8 Å². The lowest BCUT2D eigenvalue weighted by molar-refractivity contribution is 0.341. The Kier molecular flexibility index (Phi) is 3.65. The van der Waals surface area contributed by atoms with Gasteiger partial charge >= 0.3 is 0 Å². The van der Waals surface area contributed by atoms with Crippen molar-refractivity contribution in [1.82, 2.24) is 10.3 Å². The zero-order valence-corrected chi connectivity index (χ0v) is 11.4. The molecule has 1 aromatic heterocycles. The van der Waals surface area contributed by atoms with Gasteiger partial charge in [0.05, 0.1) is 10.7 Å². The third kappa shape index (κ3) is 2.46. The Morgan fingerprint density at radius 3 is 2.75 bits per heavy atom. The summed E-state index contributed by atoms with van der Waals surface area (Å²) in [5.74, 6) is 0. The molecular weight excluding hydrogens is 216 g/mol. The molecule has 2 rings (SSSR count). The van der Waals surface area contributed by atoms with Crippen LogP contribution in [-0.4, -0.2) is 17.1 Å². The van der Waals surface area contributed by atoms with E-state index >= 15 is 0 Å². The summed E-state index contributed by atoms with van der Waals surface area (Å²) in [5.41, 5.74) is 1.57. The predicted molar refractivity (Wildman–Crippen MR) is 70.2 cm³/mol. The van der Waals surface area contributed by atoms with Gasteiger partial charge in [0.2, 0.25) is 0 Å². The fourth-order valence-electron chi connectivity index (χ4n) is 2.70. The van der Waals surface area contributed by atoms with Gasteiger partial charge in [0.15, 0.2) is 0 Å². The fraction of sp³-hybridized carbons (Fsp3) is 0.769. The molecule has 90 valence electrons. The fourth-order valence-corrected chi connectivity index (χ4v) is 3.78. The molecule has 1 saturated heterocycles. The molecule has 0 saturated carbocycles. The summed E-state index contributed by atoms with van der Waals surface area (Å²) >= 11 is 1.87. The minimum atomic E-state index is 0.353. The van der Waals surface area contributed by atoms with Gasteiger partial charge in [-0.3, -0.25) is 0 Å². The second-order valence-electron chi connectivity index (χ2n) is 4.99. The van der Waals surface area contributed by atoms with E-state index in [0.717, 1.165) is 6.42 Å². The topological polar surface area (TPSA) is 24.9 Å². The van der Waals surface area contributed by atoms with Crippen LogP contribution < -0.4 is 5.32 Å². The Hall–Kier alpha value is -0.410. The number of nitrogens with zero attached hydrogens (tertiary/aromatic N) is 1. The molecule has 1 aromatic rings. The largest absolute Gasteiger partial charge is 0.311 e. The third-order valence-corrected chi connectivity index (χ3v) is 4.70. The quantitative estimate of drug-likeness (QED) is 0.871. The van der Waals surface area contributed by atoms with Crippen molar-refractivity contribution in [2.24, 2.45) is 0 Å². The van der Waals surface area contributed by atoms with E-state index in [4.69, 9.17) is 0 Å². The second kappa shape index (κ2) is 4.84. The average Bonchev–Trinajstić information content (AvgIpc) is 2.77. The Balaban J connectivity index is 2.11. The first-order chi connectivity index (χ1) is 7.65. The molecule has 1 N–H and O–H groups in total. The van der Waals surface area contributed by atoms with Crippen molar-refractivity contribution in [1.29, 1.82) is 0 Å². The Labute approximate surface area is 102 Å². The summed E-state index contributed by atoms with van der Waals surface area (Å²) < 4.78 is 0. The first kappa shape index (κ1) is 12.1. The molecule has 3 heteroatoms. The molecular formula is C13H22N2S. The Morgan fingerprint density at radius 1 is 1.44 bits per heavy atom. The van der Waals surface area contributed by atoms with E-state index in [-0.39, 0.29) is 0 Å². The highest BCUT2D eigenvalue weighted by Gasteiger charge is 2.33. The maximum atomic E-state index is 4.68. The maximum absolute atomic E-state index is 4.68. The molecule has 2 heterocycles. The second-order valence-corrected chi connectivity index (χ2v) is 6.27. The Bertz CT molecular complexity index is 331. The van der Waals surface area contributed by atoms with Crippen LogP contribution in [-0.2, 0) is 6.42 Å². The SMILES string of the molecule is CCCC1(Cc2nc(C)c(C)s2)CCCN1. The van der Waals surface area contributed by atoms with Crippen molar-refractivity contribution in [2.45, 2.75) is 58.4 Å². The van der Waals surface area contributed by atoms with Gasteiger partial charge in [-0.15, -0.1) is 11.3 Å². The zero-order valence-electron chi connectivity index (χ0n) is 10.6. The van der Waals surface area contributed by atoms with Crippen molar-refractivity contribution in [3.63, 3.8) is 0 Å². The van der Waals surface area contributed by atoms with E-state index in [1.807, 2.05) is 11.3 Å². The minimum absolute atomic E-state index is 0.353. The van der Waals surface area contributed by atoms with Crippen molar-refractivity contribution < 1.29 is 0 Å². The molecule has 0 aliphatic carbocycles. The number of nitrogens with one attached hydrogen (secondary N) is 1. The molecule has 0 radical (unpaired) electrons. The molecule has 0 amide bonds. The molecule has 1 fully saturated rings. The minimum Gasteiger partial charge on any atom is -0.311 e. The van der Waals surface area contributed by atoms with Gasteiger partial charge in [-0.2, -0.15) is 0 Å². The van der Waals surface area contributed by atoms with Gasteiger partial charge in [0.25, 0.3) is 0 Å². The van der Waals surface area contributed by atoms with Gasteiger partial charge in [0, 0.05) is 16.8 Å². The highest BCUT2D eigenvalue weighted by Crippen LogP contribution is 2.30. The van der Waals surface area contributed by atoms with Crippen LogP contribution in [0.15, 0.2) is 0 Å². The van der Waals surface area contributed by atoms with E-state index in [0.29, 0.717) is 5.54 Å². The summed E-state index contributed by atoms with van der Waals surface area (Å²) in [6, 6.07) is 0. The predicted octanol–water partition coefficient (Wildman–Crippen LogP) is 3.22. The third-order valence-electron chi connectivity index (χ3n) is 3.62. The first-order valence-electron chi connectivity index (χ1n) is 6.33. The van der Waals surface area contributed by atoms with Crippen molar-refractivity contribution >= 4 is 11.3 Å². The molecule has 16 heavy (non-hydrogen) atoms. The van der Waals surface area contributed by atoms with E-state index in [9.17, 15) is 0 Å². The van der Waals surface area contributed by atoms with Crippen molar-refractivity contribution in [3.05, 3.63) is 15.6 Å².